The predicted octanol–water partition coefficient (Wildman–Crippen LogP) is 4.33. The van der Waals surface area contributed by atoms with E-state index in [0.29, 0.717) is 47.3 Å². The highest BCUT2D eigenvalue weighted by atomic mass is 16.6. The maximum absolute atomic E-state index is 10.0. The van der Waals surface area contributed by atoms with Crippen molar-refractivity contribution in [2.75, 3.05) is 26.4 Å². The van der Waals surface area contributed by atoms with Crippen LogP contribution in [-0.2, 0) is 9.47 Å². The number of hydrogen-bond donors (Lipinski definition) is 6. The van der Waals surface area contributed by atoms with Crippen molar-refractivity contribution in [1.82, 2.24) is 0 Å². The molecule has 4 aromatic carbocycles. The molecule has 4 heterocycles. The van der Waals surface area contributed by atoms with Crippen molar-refractivity contribution < 1.29 is 59.1 Å². The summed E-state index contributed by atoms with van der Waals surface area (Å²) in [5.74, 6) is 0.907. The van der Waals surface area contributed by atoms with Gasteiger partial charge in [0, 0.05) is 23.0 Å². The van der Waals surface area contributed by atoms with Crippen LogP contribution in [0.3, 0.4) is 0 Å². The summed E-state index contributed by atoms with van der Waals surface area (Å²) in [6.07, 6.45) is -3.41. The largest absolute Gasteiger partial charge is 0.504 e. The smallest absolute Gasteiger partial charge is 0.163 e. The predicted molar refractivity (Wildman–Crippen MR) is 167 cm³/mol. The number of aliphatic hydroxyl groups is 2. The number of ether oxygens (including phenoxy) is 6. The van der Waals surface area contributed by atoms with Crippen LogP contribution < -0.4 is 18.9 Å². The standard InChI is InChI=1S/C36H34O12/c37-13-31-35(17-1-5-23(39)25(41)9-17)47-29-11-19(3-7-27(29)45-31)33-21-15-44-34(22(21)16-43-33)20-4-8-28-30(12-20)48-36(32(14-38)46-28)18-2-6-24(40)26(42)10-18/h1-12,21-22,31-42H,13-16H2/t21-,22-,31-,32-,33+,34+,35-,36-/m1/s1. The molecule has 4 aliphatic heterocycles. The van der Waals surface area contributed by atoms with Crippen LogP contribution in [0.5, 0.6) is 46.0 Å². The van der Waals surface area contributed by atoms with Crippen LogP contribution in [0.2, 0.25) is 0 Å². The Hall–Kier alpha value is -4.88. The molecule has 48 heavy (non-hydrogen) atoms. The summed E-state index contributed by atoms with van der Waals surface area (Å²) in [4.78, 5) is 0. The Bertz CT molecular complexity index is 1710. The van der Waals surface area contributed by atoms with E-state index >= 15 is 0 Å². The van der Waals surface area contributed by atoms with Crippen molar-refractivity contribution in [3.63, 3.8) is 0 Å². The monoisotopic (exact) mass is 658 g/mol. The number of hydrogen-bond acceptors (Lipinski definition) is 12. The van der Waals surface area contributed by atoms with Gasteiger partial charge in [-0.1, -0.05) is 24.3 Å². The van der Waals surface area contributed by atoms with Gasteiger partial charge in [0.2, 0.25) is 0 Å². The lowest BCUT2D eigenvalue weighted by molar-refractivity contribution is -0.0134. The Kier molecular flexibility index (Phi) is 7.60. The van der Waals surface area contributed by atoms with Crippen LogP contribution in [0.1, 0.15) is 46.7 Å². The van der Waals surface area contributed by atoms with Gasteiger partial charge in [-0.05, 0) is 59.7 Å². The maximum Gasteiger partial charge on any atom is 0.163 e. The fourth-order valence-corrected chi connectivity index (χ4v) is 7.16. The van der Waals surface area contributed by atoms with Crippen molar-refractivity contribution in [2.24, 2.45) is 11.8 Å². The number of benzene rings is 4. The van der Waals surface area contributed by atoms with Gasteiger partial charge in [-0.3, -0.25) is 0 Å². The first kappa shape index (κ1) is 30.5. The molecular weight excluding hydrogens is 624 g/mol. The second-order valence-electron chi connectivity index (χ2n) is 12.5. The van der Waals surface area contributed by atoms with E-state index in [2.05, 4.69) is 0 Å². The van der Waals surface area contributed by atoms with E-state index in [0.717, 1.165) is 11.1 Å². The first-order valence-corrected chi connectivity index (χ1v) is 15.7. The molecule has 4 aliphatic rings. The average molecular weight is 659 g/mol. The summed E-state index contributed by atoms with van der Waals surface area (Å²) in [7, 11) is 0. The maximum atomic E-state index is 10.0. The van der Waals surface area contributed by atoms with Crippen molar-refractivity contribution in [3.8, 4) is 46.0 Å². The number of phenolic OH excluding ortho intramolecular Hbond substituents is 4. The van der Waals surface area contributed by atoms with Gasteiger partial charge in [0.1, 0.15) is 0 Å². The highest BCUT2D eigenvalue weighted by Crippen LogP contribution is 2.53. The average Bonchev–Trinajstić information content (AvgIpc) is 3.72. The molecule has 0 saturated carbocycles. The summed E-state index contributed by atoms with van der Waals surface area (Å²) >= 11 is 0. The molecule has 6 N–H and O–H groups in total. The number of fused-ring (bicyclic) bond motifs is 3. The van der Waals surface area contributed by atoms with E-state index < -0.39 is 24.4 Å². The normalized spacial score (nSPS) is 28.6. The number of aromatic hydroxyl groups is 4. The van der Waals surface area contributed by atoms with E-state index in [1.165, 1.54) is 24.3 Å². The molecule has 2 fully saturated rings. The van der Waals surface area contributed by atoms with E-state index in [1.54, 1.807) is 24.3 Å². The lowest BCUT2D eigenvalue weighted by Crippen LogP contribution is -2.36. The van der Waals surface area contributed by atoms with Gasteiger partial charge in [-0.2, -0.15) is 0 Å². The topological polar surface area (TPSA) is 177 Å². The molecule has 0 spiro atoms. The number of aliphatic hydroxyl groups excluding tert-OH is 2. The molecule has 12 nitrogen and oxygen atoms in total. The lowest BCUT2D eigenvalue weighted by atomic mass is 9.84. The van der Waals surface area contributed by atoms with Crippen LogP contribution in [0.4, 0.5) is 0 Å². The van der Waals surface area contributed by atoms with Gasteiger partial charge >= 0.3 is 0 Å². The van der Waals surface area contributed by atoms with E-state index in [1.807, 2.05) is 24.3 Å². The molecule has 8 rings (SSSR count). The van der Waals surface area contributed by atoms with Crippen LogP contribution in [0.25, 0.3) is 0 Å². The molecule has 4 aromatic rings. The van der Waals surface area contributed by atoms with Gasteiger partial charge in [0.25, 0.3) is 0 Å². The van der Waals surface area contributed by atoms with Crippen molar-refractivity contribution in [1.29, 1.82) is 0 Å². The first-order valence-electron chi connectivity index (χ1n) is 15.7. The van der Waals surface area contributed by atoms with Gasteiger partial charge in [-0.15, -0.1) is 0 Å². The fraction of sp³-hybridized carbons (Fsp3) is 0.333. The van der Waals surface area contributed by atoms with Gasteiger partial charge in [0.05, 0.1) is 38.6 Å². The molecule has 2 saturated heterocycles. The Morgan fingerprint density at radius 3 is 1.23 bits per heavy atom. The fourth-order valence-electron chi connectivity index (χ4n) is 7.16. The quantitative estimate of drug-likeness (QED) is 0.162. The minimum atomic E-state index is -0.720. The van der Waals surface area contributed by atoms with Crippen molar-refractivity contribution >= 4 is 0 Å². The minimum absolute atomic E-state index is 0.0484. The molecule has 0 amide bonds. The summed E-state index contributed by atoms with van der Waals surface area (Å²) < 4.78 is 37.5. The Morgan fingerprint density at radius 2 is 0.833 bits per heavy atom. The van der Waals surface area contributed by atoms with Crippen LogP contribution in [-0.4, -0.2) is 69.3 Å². The molecule has 0 bridgehead atoms. The lowest BCUT2D eigenvalue weighted by Gasteiger charge is -2.34. The van der Waals surface area contributed by atoms with E-state index in [4.69, 9.17) is 28.4 Å². The third kappa shape index (κ3) is 5.17. The molecule has 8 atom stereocenters. The Balaban J connectivity index is 1.01. The van der Waals surface area contributed by atoms with Crippen molar-refractivity contribution in [3.05, 3.63) is 95.1 Å². The molecule has 0 unspecified atom stereocenters. The number of rotatable bonds is 6. The SMILES string of the molecule is OC[C@H]1Oc2ccc([C@@H]3OC[C@@H]4[C@H]3CO[C@H]4c3ccc4c(c3)O[C@H](c3ccc(O)c(O)c3)[C@@H](CO)O4)cc2O[C@@H]1c1ccc(O)c(O)c1. The zero-order valence-electron chi connectivity index (χ0n) is 25.5. The van der Waals surface area contributed by atoms with Crippen LogP contribution in [0.15, 0.2) is 72.8 Å². The molecule has 250 valence electrons. The summed E-state index contributed by atoms with van der Waals surface area (Å²) in [5, 5.41) is 59.6. The summed E-state index contributed by atoms with van der Waals surface area (Å²) in [6.45, 7) is 0.301. The summed E-state index contributed by atoms with van der Waals surface area (Å²) in [5.41, 5.74) is 2.87. The third-order valence-corrected chi connectivity index (χ3v) is 9.61. The zero-order chi connectivity index (χ0) is 33.1. The zero-order valence-corrected chi connectivity index (χ0v) is 25.5. The molecular formula is C36H34O12. The van der Waals surface area contributed by atoms with Crippen LogP contribution in [0, 0.1) is 11.8 Å². The first-order chi connectivity index (χ1) is 23.3. The van der Waals surface area contributed by atoms with E-state index in [-0.39, 0.29) is 60.3 Å². The van der Waals surface area contributed by atoms with Gasteiger partial charge in [0.15, 0.2) is 70.4 Å². The second-order valence-corrected chi connectivity index (χ2v) is 12.5. The highest BCUT2D eigenvalue weighted by Gasteiger charge is 2.49. The molecule has 0 aromatic heterocycles. The minimum Gasteiger partial charge on any atom is -0.504 e. The van der Waals surface area contributed by atoms with Gasteiger partial charge in [-0.25, -0.2) is 0 Å². The highest BCUT2D eigenvalue weighted by molar-refractivity contribution is 5.49. The van der Waals surface area contributed by atoms with Crippen LogP contribution >= 0.6 is 0 Å². The summed E-state index contributed by atoms with van der Waals surface area (Å²) in [6, 6.07) is 19.9. The second kappa shape index (κ2) is 12.0. The Labute approximate surface area is 274 Å². The number of phenols is 4. The molecule has 0 aliphatic carbocycles. The molecule has 12 heteroatoms. The Morgan fingerprint density at radius 1 is 0.438 bits per heavy atom. The molecule has 0 radical (unpaired) electrons. The van der Waals surface area contributed by atoms with Crippen molar-refractivity contribution in [2.45, 2.75) is 36.6 Å². The third-order valence-electron chi connectivity index (χ3n) is 9.61. The van der Waals surface area contributed by atoms with Gasteiger partial charge < -0.3 is 59.1 Å². The van der Waals surface area contributed by atoms with E-state index in [9.17, 15) is 30.6 Å².